The van der Waals surface area contributed by atoms with Gasteiger partial charge in [0.25, 0.3) is 5.91 Å². The molecule has 0 spiro atoms. The Balaban J connectivity index is 2.18. The molecule has 2 heterocycles. The van der Waals surface area contributed by atoms with Crippen molar-refractivity contribution in [3.05, 3.63) is 46.6 Å². The highest BCUT2D eigenvalue weighted by Gasteiger charge is 2.07. The molecule has 0 radical (unpaired) electrons. The second-order valence-electron chi connectivity index (χ2n) is 2.85. The first-order valence-corrected chi connectivity index (χ1v) is 4.40. The lowest BCUT2D eigenvalue weighted by molar-refractivity contribution is 0.102. The van der Waals surface area contributed by atoms with Gasteiger partial charge >= 0.3 is 0 Å². The van der Waals surface area contributed by atoms with E-state index in [-0.39, 0.29) is 17.2 Å². The molecule has 2 rings (SSSR count). The van der Waals surface area contributed by atoms with Crippen molar-refractivity contribution in [2.45, 2.75) is 0 Å². The smallest absolute Gasteiger partial charge is 0.274 e. The molecule has 2 aromatic rings. The van der Waals surface area contributed by atoms with Gasteiger partial charge in [0.2, 0.25) is 11.5 Å². The minimum atomic E-state index is -0.495. The lowest BCUT2D eigenvalue weighted by Gasteiger charge is -2.01. The van der Waals surface area contributed by atoms with E-state index >= 15 is 0 Å². The first-order valence-electron chi connectivity index (χ1n) is 4.40. The van der Waals surface area contributed by atoms with Crippen LogP contribution < -0.4 is 10.9 Å². The van der Waals surface area contributed by atoms with Crippen LogP contribution in [0.25, 0.3) is 0 Å². The molecule has 0 atom stereocenters. The van der Waals surface area contributed by atoms with Crippen LogP contribution >= 0.6 is 0 Å². The second-order valence-corrected chi connectivity index (χ2v) is 2.85. The maximum absolute atomic E-state index is 11.6. The number of H-pyrrole nitrogens is 1. The maximum atomic E-state index is 11.6. The number of carbonyl (C=O) groups excluding carboxylic acids is 1. The number of carbonyl (C=O) groups is 1. The van der Waals surface area contributed by atoms with Crippen molar-refractivity contribution in [2.24, 2.45) is 0 Å². The average molecular weight is 217 g/mol. The quantitative estimate of drug-likeness (QED) is 0.726. The molecule has 0 bridgehead atoms. The first kappa shape index (κ1) is 9.97. The molecule has 2 aromatic heterocycles. The summed E-state index contributed by atoms with van der Waals surface area (Å²) in [6.45, 7) is 0. The molecule has 0 saturated carbocycles. The highest BCUT2D eigenvalue weighted by atomic mass is 16.2. The number of anilines is 1. The highest BCUT2D eigenvalue weighted by molar-refractivity contribution is 6.01. The van der Waals surface area contributed by atoms with Gasteiger partial charge < -0.3 is 4.98 Å². The Hall–Kier alpha value is -2.57. The van der Waals surface area contributed by atoms with Gasteiger partial charge in [0.1, 0.15) is 5.69 Å². The van der Waals surface area contributed by atoms with Crippen LogP contribution in [-0.2, 0) is 0 Å². The van der Waals surface area contributed by atoms with Crippen LogP contribution in [0, 0.1) is 0 Å². The zero-order chi connectivity index (χ0) is 11.4. The van der Waals surface area contributed by atoms with Crippen molar-refractivity contribution < 1.29 is 4.79 Å². The Kier molecular flexibility index (Phi) is 2.68. The van der Waals surface area contributed by atoms with Gasteiger partial charge in [-0.05, 0) is 6.07 Å². The van der Waals surface area contributed by atoms with Crippen LogP contribution in [0.5, 0.6) is 0 Å². The van der Waals surface area contributed by atoms with E-state index in [1.165, 1.54) is 30.6 Å². The summed E-state index contributed by atoms with van der Waals surface area (Å²) in [5.41, 5.74) is -0.209. The normalized spacial score (nSPS) is 9.75. The summed E-state index contributed by atoms with van der Waals surface area (Å²) < 4.78 is 0. The lowest BCUT2D eigenvalue weighted by Crippen LogP contribution is -2.19. The molecule has 0 aliphatic heterocycles. The molecule has 2 N–H and O–H groups in total. The zero-order valence-electron chi connectivity index (χ0n) is 8.04. The molecule has 1 amide bonds. The number of nitrogens with one attached hydrogen (secondary N) is 2. The standard InChI is InChI=1S/C9H7N5O2/c15-7-3-1-2-6(12-7)8(16)13-9-10-4-5-11-14-9/h1-5H,(H,12,15)(H,10,13,14,16). The molecule has 0 aromatic carbocycles. The maximum Gasteiger partial charge on any atom is 0.274 e. The van der Waals surface area contributed by atoms with Gasteiger partial charge in [0, 0.05) is 6.07 Å². The minimum Gasteiger partial charge on any atom is -0.318 e. The van der Waals surface area contributed by atoms with E-state index in [0.717, 1.165) is 0 Å². The molecular weight excluding hydrogens is 210 g/mol. The SMILES string of the molecule is O=C(Nc1nccnn1)c1cccc(=O)[nH]1. The van der Waals surface area contributed by atoms with E-state index < -0.39 is 5.91 Å². The van der Waals surface area contributed by atoms with Gasteiger partial charge in [-0.3, -0.25) is 14.9 Å². The van der Waals surface area contributed by atoms with Crippen LogP contribution in [-0.4, -0.2) is 26.1 Å². The topological polar surface area (TPSA) is 101 Å². The van der Waals surface area contributed by atoms with Gasteiger partial charge in [-0.15, -0.1) is 5.10 Å². The Morgan fingerprint density at radius 1 is 1.31 bits per heavy atom. The van der Waals surface area contributed by atoms with Crippen LogP contribution in [0.3, 0.4) is 0 Å². The summed E-state index contributed by atoms with van der Waals surface area (Å²) in [6.07, 6.45) is 2.79. The van der Waals surface area contributed by atoms with E-state index in [2.05, 4.69) is 25.5 Å². The number of hydrogen-bond donors (Lipinski definition) is 2. The van der Waals surface area contributed by atoms with Gasteiger partial charge in [-0.2, -0.15) is 5.10 Å². The summed E-state index contributed by atoms with van der Waals surface area (Å²) in [7, 11) is 0. The fraction of sp³-hybridized carbons (Fsp3) is 0. The van der Waals surface area contributed by atoms with E-state index in [4.69, 9.17) is 0 Å². The first-order chi connectivity index (χ1) is 7.75. The Morgan fingerprint density at radius 2 is 2.19 bits per heavy atom. The summed E-state index contributed by atoms with van der Waals surface area (Å²) in [4.78, 5) is 28.7. The number of pyridine rings is 1. The monoisotopic (exact) mass is 217 g/mol. The summed E-state index contributed by atoms with van der Waals surface area (Å²) in [5, 5.41) is 9.52. The highest BCUT2D eigenvalue weighted by Crippen LogP contribution is 1.97. The molecule has 0 saturated heterocycles. The molecule has 7 heteroatoms. The fourth-order valence-electron chi connectivity index (χ4n) is 1.05. The summed E-state index contributed by atoms with van der Waals surface area (Å²) in [5.74, 6) is -0.414. The number of nitrogens with zero attached hydrogens (tertiary/aromatic N) is 3. The summed E-state index contributed by atoms with van der Waals surface area (Å²) >= 11 is 0. The van der Waals surface area contributed by atoms with Gasteiger partial charge in [0.05, 0.1) is 12.4 Å². The van der Waals surface area contributed by atoms with E-state index in [0.29, 0.717) is 0 Å². The molecule has 0 aliphatic rings. The molecule has 0 aliphatic carbocycles. The third-order valence-corrected chi connectivity index (χ3v) is 1.72. The molecule has 0 fully saturated rings. The van der Waals surface area contributed by atoms with Crippen LogP contribution in [0.2, 0.25) is 0 Å². The fourth-order valence-corrected chi connectivity index (χ4v) is 1.05. The van der Waals surface area contributed by atoms with E-state index in [1.807, 2.05) is 0 Å². The molecule has 7 nitrogen and oxygen atoms in total. The van der Waals surface area contributed by atoms with Crippen LogP contribution in [0.4, 0.5) is 5.95 Å². The van der Waals surface area contributed by atoms with Crippen LogP contribution in [0.15, 0.2) is 35.4 Å². The Labute approximate surface area is 89.6 Å². The van der Waals surface area contributed by atoms with Gasteiger partial charge in [-0.25, -0.2) is 4.98 Å². The van der Waals surface area contributed by atoms with Crippen molar-refractivity contribution in [1.82, 2.24) is 20.2 Å². The third kappa shape index (κ3) is 2.27. The predicted octanol–water partition coefficient (Wildman–Crippen LogP) is -0.188. The largest absolute Gasteiger partial charge is 0.318 e. The second kappa shape index (κ2) is 4.30. The molecular formula is C9H7N5O2. The molecule has 80 valence electrons. The Morgan fingerprint density at radius 3 is 2.88 bits per heavy atom. The number of hydrogen-bond acceptors (Lipinski definition) is 5. The van der Waals surface area contributed by atoms with Gasteiger partial charge in [0.15, 0.2) is 0 Å². The van der Waals surface area contributed by atoms with Crippen molar-refractivity contribution >= 4 is 11.9 Å². The number of amides is 1. The van der Waals surface area contributed by atoms with Crippen molar-refractivity contribution in [3.8, 4) is 0 Å². The number of aromatic nitrogens is 4. The van der Waals surface area contributed by atoms with E-state index in [1.54, 1.807) is 0 Å². The van der Waals surface area contributed by atoms with E-state index in [9.17, 15) is 9.59 Å². The number of aromatic amines is 1. The number of rotatable bonds is 2. The Bertz CT molecular complexity index is 551. The van der Waals surface area contributed by atoms with Crippen molar-refractivity contribution in [1.29, 1.82) is 0 Å². The molecule has 0 unspecified atom stereocenters. The van der Waals surface area contributed by atoms with Crippen molar-refractivity contribution in [2.75, 3.05) is 5.32 Å². The lowest BCUT2D eigenvalue weighted by atomic mass is 10.3. The van der Waals surface area contributed by atoms with Crippen LogP contribution in [0.1, 0.15) is 10.5 Å². The summed E-state index contributed by atoms with van der Waals surface area (Å²) in [6, 6.07) is 4.28. The third-order valence-electron chi connectivity index (χ3n) is 1.72. The molecule has 16 heavy (non-hydrogen) atoms. The zero-order valence-corrected chi connectivity index (χ0v) is 8.04. The van der Waals surface area contributed by atoms with Crippen molar-refractivity contribution in [3.63, 3.8) is 0 Å². The predicted molar refractivity (Wildman–Crippen MR) is 54.8 cm³/mol. The van der Waals surface area contributed by atoms with Gasteiger partial charge in [-0.1, -0.05) is 6.07 Å². The minimum absolute atomic E-state index is 0.0807. The average Bonchev–Trinajstić information content (AvgIpc) is 2.30.